The van der Waals surface area contributed by atoms with E-state index in [1.807, 2.05) is 29.9 Å². The van der Waals surface area contributed by atoms with Crippen LogP contribution < -0.4 is 5.32 Å². The summed E-state index contributed by atoms with van der Waals surface area (Å²) in [6.07, 6.45) is 8.60. The first-order valence-electron chi connectivity index (χ1n) is 6.29. The van der Waals surface area contributed by atoms with Crippen LogP contribution in [0.5, 0.6) is 0 Å². The van der Waals surface area contributed by atoms with Gasteiger partial charge in [-0.25, -0.2) is 19.6 Å². The smallest absolute Gasteiger partial charge is 0.155 e. The van der Waals surface area contributed by atoms with Crippen LogP contribution in [0.1, 0.15) is 18.8 Å². The highest BCUT2D eigenvalue weighted by atomic mass is 15.3. The summed E-state index contributed by atoms with van der Waals surface area (Å²) >= 11 is 0. The van der Waals surface area contributed by atoms with E-state index in [2.05, 4.69) is 32.3 Å². The number of aromatic nitrogens is 6. The van der Waals surface area contributed by atoms with Crippen molar-refractivity contribution in [2.75, 3.05) is 5.32 Å². The van der Waals surface area contributed by atoms with Crippen LogP contribution in [0, 0.1) is 0 Å². The molecule has 0 aliphatic heterocycles. The van der Waals surface area contributed by atoms with Crippen molar-refractivity contribution < 1.29 is 0 Å². The molecule has 0 bridgehead atoms. The number of nitrogens with zero attached hydrogens (tertiary/aromatic N) is 6. The molecule has 1 unspecified atom stereocenters. The number of aryl methyl sites for hydroxylation is 1. The lowest BCUT2D eigenvalue weighted by Crippen LogP contribution is -2.12. The second-order valence-electron chi connectivity index (χ2n) is 4.51. The first kappa shape index (κ1) is 12.3. The van der Waals surface area contributed by atoms with Crippen molar-refractivity contribution in [3.8, 4) is 5.82 Å². The number of pyridine rings is 1. The summed E-state index contributed by atoms with van der Waals surface area (Å²) in [6, 6.07) is 3.96. The molecule has 102 valence electrons. The lowest BCUT2D eigenvalue weighted by molar-refractivity contribution is 0.721. The van der Waals surface area contributed by atoms with Crippen LogP contribution in [0.2, 0.25) is 0 Å². The molecule has 0 saturated heterocycles. The van der Waals surface area contributed by atoms with E-state index in [1.54, 1.807) is 23.4 Å². The van der Waals surface area contributed by atoms with Gasteiger partial charge in [-0.05, 0) is 19.1 Å². The van der Waals surface area contributed by atoms with Crippen molar-refractivity contribution in [1.29, 1.82) is 0 Å². The highest BCUT2D eigenvalue weighted by Gasteiger charge is 2.10. The molecule has 3 aromatic heterocycles. The molecule has 7 heteroatoms. The Kier molecular flexibility index (Phi) is 3.16. The second-order valence-corrected chi connectivity index (χ2v) is 4.51. The van der Waals surface area contributed by atoms with Gasteiger partial charge in [0, 0.05) is 19.4 Å². The third kappa shape index (κ3) is 2.37. The Labute approximate surface area is 116 Å². The van der Waals surface area contributed by atoms with Crippen LogP contribution >= 0.6 is 0 Å². The average molecular weight is 269 g/mol. The molecule has 3 aromatic rings. The van der Waals surface area contributed by atoms with Gasteiger partial charge in [-0.15, -0.1) is 0 Å². The number of nitrogens with one attached hydrogen (secondary N) is 1. The maximum Gasteiger partial charge on any atom is 0.155 e. The Hall–Kier alpha value is -2.70. The van der Waals surface area contributed by atoms with Crippen molar-refractivity contribution in [2.45, 2.75) is 13.0 Å². The fourth-order valence-electron chi connectivity index (χ4n) is 2.04. The predicted octanol–water partition coefficient (Wildman–Crippen LogP) is 1.57. The molecule has 0 aliphatic rings. The minimum absolute atomic E-state index is 0.106. The zero-order chi connectivity index (χ0) is 13.9. The lowest BCUT2D eigenvalue weighted by Gasteiger charge is -2.15. The first-order chi connectivity index (χ1) is 9.74. The highest BCUT2D eigenvalue weighted by Crippen LogP contribution is 2.17. The molecule has 3 heterocycles. The van der Waals surface area contributed by atoms with Gasteiger partial charge in [0.1, 0.15) is 18.5 Å². The molecular formula is C13H15N7. The zero-order valence-electron chi connectivity index (χ0n) is 11.3. The van der Waals surface area contributed by atoms with Crippen LogP contribution in [0.4, 0.5) is 5.69 Å². The van der Waals surface area contributed by atoms with Crippen LogP contribution in [0.3, 0.4) is 0 Å². The Balaban J connectivity index is 1.74. The number of hydrogen-bond acceptors (Lipinski definition) is 5. The molecule has 0 spiro atoms. The third-order valence-electron chi connectivity index (χ3n) is 3.03. The van der Waals surface area contributed by atoms with Crippen molar-refractivity contribution in [3.63, 3.8) is 0 Å². The summed E-state index contributed by atoms with van der Waals surface area (Å²) in [7, 11) is 1.98. The minimum Gasteiger partial charge on any atom is -0.374 e. The number of hydrogen-bond donors (Lipinski definition) is 1. The van der Waals surface area contributed by atoms with E-state index < -0.39 is 0 Å². The fourth-order valence-corrected chi connectivity index (χ4v) is 2.04. The van der Waals surface area contributed by atoms with Crippen molar-refractivity contribution in [3.05, 3.63) is 49.2 Å². The number of imidazole rings is 1. The van der Waals surface area contributed by atoms with Gasteiger partial charge in [0.15, 0.2) is 5.82 Å². The Morgan fingerprint density at radius 1 is 1.25 bits per heavy atom. The second kappa shape index (κ2) is 5.12. The zero-order valence-corrected chi connectivity index (χ0v) is 11.3. The van der Waals surface area contributed by atoms with Gasteiger partial charge in [-0.3, -0.25) is 0 Å². The summed E-state index contributed by atoms with van der Waals surface area (Å²) < 4.78 is 3.61. The number of anilines is 1. The molecule has 1 N–H and O–H groups in total. The van der Waals surface area contributed by atoms with Gasteiger partial charge in [0.25, 0.3) is 0 Å². The van der Waals surface area contributed by atoms with Crippen LogP contribution in [-0.4, -0.2) is 29.3 Å². The van der Waals surface area contributed by atoms with Crippen molar-refractivity contribution in [1.82, 2.24) is 29.3 Å². The van der Waals surface area contributed by atoms with E-state index in [1.165, 1.54) is 6.33 Å². The van der Waals surface area contributed by atoms with Gasteiger partial charge in [0.05, 0.1) is 17.9 Å². The largest absolute Gasteiger partial charge is 0.374 e. The molecule has 3 rings (SSSR count). The Morgan fingerprint density at radius 3 is 2.75 bits per heavy atom. The first-order valence-corrected chi connectivity index (χ1v) is 6.29. The van der Waals surface area contributed by atoms with Gasteiger partial charge in [0.2, 0.25) is 0 Å². The van der Waals surface area contributed by atoms with E-state index in [0.717, 1.165) is 17.3 Å². The van der Waals surface area contributed by atoms with Crippen molar-refractivity contribution in [2.24, 2.45) is 7.05 Å². The summed E-state index contributed by atoms with van der Waals surface area (Å²) in [5.41, 5.74) is 0.935. The molecule has 1 atom stereocenters. The third-order valence-corrected chi connectivity index (χ3v) is 3.03. The van der Waals surface area contributed by atoms with Crippen molar-refractivity contribution >= 4 is 5.69 Å². The molecule has 20 heavy (non-hydrogen) atoms. The molecule has 0 radical (unpaired) electrons. The maximum absolute atomic E-state index is 4.35. The molecule has 0 fully saturated rings. The van der Waals surface area contributed by atoms with Gasteiger partial charge < -0.3 is 9.88 Å². The summed E-state index contributed by atoms with van der Waals surface area (Å²) in [6.45, 7) is 2.06. The van der Waals surface area contributed by atoms with E-state index in [9.17, 15) is 0 Å². The molecule has 0 aliphatic carbocycles. The summed E-state index contributed by atoms with van der Waals surface area (Å²) in [5.74, 6) is 1.71. The molecule has 0 saturated carbocycles. The lowest BCUT2D eigenvalue weighted by atomic mass is 10.3. The van der Waals surface area contributed by atoms with Crippen LogP contribution in [-0.2, 0) is 7.05 Å². The minimum atomic E-state index is 0.106. The van der Waals surface area contributed by atoms with E-state index in [-0.39, 0.29) is 6.04 Å². The highest BCUT2D eigenvalue weighted by molar-refractivity contribution is 5.44. The quantitative estimate of drug-likeness (QED) is 0.778. The van der Waals surface area contributed by atoms with E-state index >= 15 is 0 Å². The summed E-state index contributed by atoms with van der Waals surface area (Å²) in [5, 5.41) is 7.41. The van der Waals surface area contributed by atoms with E-state index in [4.69, 9.17) is 0 Å². The molecule has 7 nitrogen and oxygen atoms in total. The van der Waals surface area contributed by atoms with Gasteiger partial charge in [-0.1, -0.05) is 0 Å². The standard InChI is InChI=1S/C13H15N7/c1-10(13-15-5-6-19(13)2)18-11-3-4-12(16-7-11)20-9-14-8-17-20/h3-10,18H,1-2H3. The topological polar surface area (TPSA) is 73.5 Å². The fraction of sp³-hybridized carbons (Fsp3) is 0.231. The SMILES string of the molecule is CC(Nc1ccc(-n2cncn2)nc1)c1nccn1C. The van der Waals surface area contributed by atoms with Crippen LogP contribution in [0.25, 0.3) is 5.82 Å². The summed E-state index contributed by atoms with van der Waals surface area (Å²) in [4.78, 5) is 12.6. The molecule has 0 amide bonds. The molecule has 0 aromatic carbocycles. The molecular weight excluding hydrogens is 254 g/mol. The van der Waals surface area contributed by atoms with E-state index in [0.29, 0.717) is 0 Å². The monoisotopic (exact) mass is 269 g/mol. The average Bonchev–Trinajstić information content (AvgIpc) is 3.10. The number of rotatable bonds is 4. The van der Waals surface area contributed by atoms with Gasteiger partial charge >= 0.3 is 0 Å². The van der Waals surface area contributed by atoms with Crippen LogP contribution in [0.15, 0.2) is 43.4 Å². The Bertz CT molecular complexity index is 669. The normalized spacial score (nSPS) is 12.3. The Morgan fingerprint density at radius 2 is 2.15 bits per heavy atom. The van der Waals surface area contributed by atoms with Gasteiger partial charge in [-0.2, -0.15) is 5.10 Å². The predicted molar refractivity (Wildman–Crippen MR) is 74.4 cm³/mol. The maximum atomic E-state index is 4.35.